The number of nitrogens with one attached hydrogen (secondary N) is 1. The normalized spacial score (nSPS) is 25.5. The maximum Gasteiger partial charge on any atom is 0.230 e. The van der Waals surface area contributed by atoms with E-state index in [-0.39, 0.29) is 17.4 Å². The van der Waals surface area contributed by atoms with Crippen LogP contribution in [0.3, 0.4) is 0 Å². The summed E-state index contributed by atoms with van der Waals surface area (Å²) in [6.45, 7) is 2.61. The molecule has 1 amide bonds. The Morgan fingerprint density at radius 3 is 2.65 bits per heavy atom. The number of likely N-dealkylation sites (tertiary alicyclic amines) is 1. The van der Waals surface area contributed by atoms with Crippen LogP contribution in [0.2, 0.25) is 0 Å². The van der Waals surface area contributed by atoms with Crippen LogP contribution in [0.25, 0.3) is 0 Å². The highest BCUT2D eigenvalue weighted by molar-refractivity contribution is 5.87. The van der Waals surface area contributed by atoms with Gasteiger partial charge in [-0.05, 0) is 37.7 Å². The Kier molecular flexibility index (Phi) is 3.81. The lowest BCUT2D eigenvalue weighted by Gasteiger charge is -2.38. The zero-order valence-electron chi connectivity index (χ0n) is 14.9. The molecule has 1 aliphatic carbocycles. The number of carbonyl (C=O) groups is 1. The van der Waals surface area contributed by atoms with E-state index in [0.29, 0.717) is 12.5 Å². The molecule has 2 aromatic rings. The standard InChI is InChI=1S/C20H24N4O2/c25-18-16(14-4-2-1-3-5-14)12-20(21-18)8-10-24(11-9-20)13-17-22-23-19(26-17)15-6-7-15/h1-5,15-16H,6-13H2,(H,21,25)/t16-/m0/s1. The maximum atomic E-state index is 12.5. The third kappa shape index (κ3) is 3.03. The van der Waals surface area contributed by atoms with E-state index in [1.54, 1.807) is 0 Å². The van der Waals surface area contributed by atoms with Gasteiger partial charge in [0, 0.05) is 24.5 Å². The lowest BCUT2D eigenvalue weighted by molar-refractivity contribution is -0.121. The third-order valence-electron chi connectivity index (χ3n) is 6.08. The van der Waals surface area contributed by atoms with Crippen LogP contribution < -0.4 is 5.32 Å². The second kappa shape index (κ2) is 6.20. The van der Waals surface area contributed by atoms with Crippen molar-refractivity contribution in [1.82, 2.24) is 20.4 Å². The first-order valence-electron chi connectivity index (χ1n) is 9.62. The Bertz CT molecular complexity index is 791. The average Bonchev–Trinajstić information content (AvgIpc) is 3.33. The van der Waals surface area contributed by atoms with Crippen molar-refractivity contribution in [2.45, 2.75) is 56.0 Å². The molecular weight excluding hydrogens is 328 g/mol. The predicted molar refractivity (Wildman–Crippen MR) is 95.5 cm³/mol. The monoisotopic (exact) mass is 352 g/mol. The summed E-state index contributed by atoms with van der Waals surface area (Å²) < 4.78 is 5.79. The number of carbonyl (C=O) groups excluding carboxylic acids is 1. The van der Waals surface area contributed by atoms with E-state index in [9.17, 15) is 4.79 Å². The first-order chi connectivity index (χ1) is 12.7. The van der Waals surface area contributed by atoms with Gasteiger partial charge in [-0.3, -0.25) is 9.69 Å². The fraction of sp³-hybridized carbons (Fsp3) is 0.550. The molecule has 6 heteroatoms. The molecule has 1 saturated carbocycles. The van der Waals surface area contributed by atoms with Gasteiger partial charge in [0.15, 0.2) is 0 Å². The largest absolute Gasteiger partial charge is 0.424 e. The van der Waals surface area contributed by atoms with Crippen LogP contribution in [-0.2, 0) is 11.3 Å². The number of benzene rings is 1. The number of hydrogen-bond donors (Lipinski definition) is 1. The zero-order chi connectivity index (χ0) is 17.6. The van der Waals surface area contributed by atoms with Crippen LogP contribution in [0, 0.1) is 0 Å². The van der Waals surface area contributed by atoms with Crippen molar-refractivity contribution in [1.29, 1.82) is 0 Å². The highest BCUT2D eigenvalue weighted by Gasteiger charge is 2.46. The smallest absolute Gasteiger partial charge is 0.230 e. The van der Waals surface area contributed by atoms with Gasteiger partial charge in [0.1, 0.15) is 0 Å². The summed E-state index contributed by atoms with van der Waals surface area (Å²) in [7, 11) is 0. The van der Waals surface area contributed by atoms with Crippen molar-refractivity contribution >= 4 is 5.91 Å². The molecule has 3 heterocycles. The fourth-order valence-electron chi connectivity index (χ4n) is 4.32. The molecule has 26 heavy (non-hydrogen) atoms. The van der Waals surface area contributed by atoms with E-state index in [0.717, 1.165) is 49.7 Å². The van der Waals surface area contributed by atoms with Gasteiger partial charge in [-0.15, -0.1) is 10.2 Å². The van der Waals surface area contributed by atoms with E-state index in [2.05, 4.69) is 32.5 Å². The van der Waals surface area contributed by atoms with Crippen LogP contribution in [0.15, 0.2) is 34.7 Å². The molecule has 1 atom stereocenters. The van der Waals surface area contributed by atoms with Gasteiger partial charge in [-0.25, -0.2) is 0 Å². The molecule has 3 fully saturated rings. The quantitative estimate of drug-likeness (QED) is 0.916. The fourth-order valence-corrected chi connectivity index (χ4v) is 4.32. The second-order valence-corrected chi connectivity index (χ2v) is 8.02. The Labute approximate surface area is 153 Å². The van der Waals surface area contributed by atoms with E-state index in [1.807, 2.05) is 18.2 Å². The Balaban J connectivity index is 1.20. The minimum Gasteiger partial charge on any atom is -0.424 e. The minimum absolute atomic E-state index is 0.0141. The second-order valence-electron chi connectivity index (χ2n) is 8.02. The van der Waals surface area contributed by atoms with Gasteiger partial charge >= 0.3 is 0 Å². The lowest BCUT2D eigenvalue weighted by atomic mass is 9.82. The van der Waals surface area contributed by atoms with Crippen molar-refractivity contribution < 1.29 is 9.21 Å². The van der Waals surface area contributed by atoms with Crippen LogP contribution in [0.4, 0.5) is 0 Å². The summed E-state index contributed by atoms with van der Waals surface area (Å²) in [6.07, 6.45) is 5.21. The van der Waals surface area contributed by atoms with Crippen LogP contribution in [0.5, 0.6) is 0 Å². The minimum atomic E-state index is -0.0535. The van der Waals surface area contributed by atoms with Crippen molar-refractivity contribution in [3.8, 4) is 0 Å². The SMILES string of the molecule is O=C1NC2(CCN(Cc3nnc(C4CC4)o3)CC2)C[C@H]1c1ccccc1. The van der Waals surface area contributed by atoms with Crippen molar-refractivity contribution in [2.24, 2.45) is 0 Å². The molecule has 3 aliphatic rings. The van der Waals surface area contributed by atoms with Gasteiger partial charge < -0.3 is 9.73 Å². The molecule has 0 radical (unpaired) electrons. The topological polar surface area (TPSA) is 71.3 Å². The molecule has 5 rings (SSSR count). The Morgan fingerprint density at radius 1 is 1.15 bits per heavy atom. The molecular formula is C20H24N4O2. The lowest BCUT2D eigenvalue weighted by Crippen LogP contribution is -2.50. The number of aromatic nitrogens is 2. The molecule has 1 spiro atoms. The van der Waals surface area contributed by atoms with E-state index in [1.165, 1.54) is 12.8 Å². The van der Waals surface area contributed by atoms with Crippen LogP contribution >= 0.6 is 0 Å². The molecule has 1 aromatic carbocycles. The summed E-state index contributed by atoms with van der Waals surface area (Å²) >= 11 is 0. The Hall–Kier alpha value is -2.21. The van der Waals surface area contributed by atoms with Gasteiger partial charge in [0.05, 0.1) is 12.5 Å². The highest BCUT2D eigenvalue weighted by atomic mass is 16.4. The number of amides is 1. The molecule has 2 aliphatic heterocycles. The number of piperidine rings is 1. The molecule has 1 N–H and O–H groups in total. The van der Waals surface area contributed by atoms with Crippen LogP contribution in [-0.4, -0.2) is 39.6 Å². The van der Waals surface area contributed by atoms with Gasteiger partial charge in [0.25, 0.3) is 0 Å². The first kappa shape index (κ1) is 16.0. The first-order valence-corrected chi connectivity index (χ1v) is 9.62. The van der Waals surface area contributed by atoms with Gasteiger partial charge in [-0.2, -0.15) is 0 Å². The van der Waals surface area contributed by atoms with E-state index in [4.69, 9.17) is 4.42 Å². The number of nitrogens with zero attached hydrogens (tertiary/aromatic N) is 3. The summed E-state index contributed by atoms with van der Waals surface area (Å²) in [6, 6.07) is 10.1. The molecule has 1 aromatic heterocycles. The Morgan fingerprint density at radius 2 is 1.92 bits per heavy atom. The maximum absolute atomic E-state index is 12.5. The zero-order valence-corrected chi connectivity index (χ0v) is 14.9. The average molecular weight is 352 g/mol. The van der Waals surface area contributed by atoms with Crippen molar-refractivity contribution in [3.63, 3.8) is 0 Å². The summed E-state index contributed by atoms with van der Waals surface area (Å²) in [5.41, 5.74) is 1.07. The number of rotatable bonds is 4. The predicted octanol–water partition coefficient (Wildman–Crippen LogP) is 2.59. The molecule has 136 valence electrons. The third-order valence-corrected chi connectivity index (χ3v) is 6.08. The van der Waals surface area contributed by atoms with Gasteiger partial charge in [0.2, 0.25) is 17.7 Å². The molecule has 6 nitrogen and oxygen atoms in total. The molecule has 2 saturated heterocycles. The summed E-state index contributed by atoms with van der Waals surface area (Å²) in [5, 5.41) is 11.7. The number of hydrogen-bond acceptors (Lipinski definition) is 5. The molecule has 0 unspecified atom stereocenters. The van der Waals surface area contributed by atoms with Crippen LogP contribution in [0.1, 0.15) is 61.3 Å². The van der Waals surface area contributed by atoms with E-state index >= 15 is 0 Å². The van der Waals surface area contributed by atoms with Crippen molar-refractivity contribution in [3.05, 3.63) is 47.7 Å². The summed E-state index contributed by atoms with van der Waals surface area (Å²) in [5.74, 6) is 2.20. The highest BCUT2D eigenvalue weighted by Crippen LogP contribution is 2.40. The van der Waals surface area contributed by atoms with E-state index < -0.39 is 0 Å². The van der Waals surface area contributed by atoms with Crippen molar-refractivity contribution in [2.75, 3.05) is 13.1 Å². The molecule has 0 bridgehead atoms. The van der Waals surface area contributed by atoms with Gasteiger partial charge in [-0.1, -0.05) is 30.3 Å². The summed E-state index contributed by atoms with van der Waals surface area (Å²) in [4.78, 5) is 14.9.